The predicted molar refractivity (Wildman–Crippen MR) is 108 cm³/mol. The molecular formula is C22H24N2O5. The summed E-state index contributed by atoms with van der Waals surface area (Å²) in [5, 5.41) is 2.74. The summed E-state index contributed by atoms with van der Waals surface area (Å²) in [6.07, 6.45) is 2.83. The van der Waals surface area contributed by atoms with E-state index >= 15 is 0 Å². The number of para-hydroxylation sites is 2. The topological polar surface area (TPSA) is 77.1 Å². The number of carbonyl (C=O) groups is 2. The van der Waals surface area contributed by atoms with Crippen LogP contribution in [-0.4, -0.2) is 44.3 Å². The average molecular weight is 396 g/mol. The van der Waals surface area contributed by atoms with E-state index < -0.39 is 18.0 Å². The number of piperidine rings is 1. The summed E-state index contributed by atoms with van der Waals surface area (Å²) < 4.78 is 16.2. The zero-order valence-corrected chi connectivity index (χ0v) is 16.1. The van der Waals surface area contributed by atoms with Gasteiger partial charge < -0.3 is 24.4 Å². The summed E-state index contributed by atoms with van der Waals surface area (Å²) in [7, 11) is 0. The molecule has 2 aliphatic heterocycles. The second-order valence-electron chi connectivity index (χ2n) is 7.11. The Balaban J connectivity index is 1.24. The van der Waals surface area contributed by atoms with E-state index in [9.17, 15) is 9.59 Å². The van der Waals surface area contributed by atoms with Gasteiger partial charge in [-0.2, -0.15) is 0 Å². The Kier molecular flexibility index (Phi) is 5.84. The van der Waals surface area contributed by atoms with Gasteiger partial charge >= 0.3 is 5.97 Å². The van der Waals surface area contributed by atoms with Crippen LogP contribution in [0.15, 0.2) is 48.5 Å². The molecule has 0 spiro atoms. The van der Waals surface area contributed by atoms with Gasteiger partial charge in [-0.1, -0.05) is 12.1 Å². The molecule has 2 aliphatic rings. The van der Waals surface area contributed by atoms with Crippen molar-refractivity contribution >= 4 is 23.3 Å². The fraction of sp³-hybridized carbons (Fsp3) is 0.364. The van der Waals surface area contributed by atoms with Gasteiger partial charge in [0, 0.05) is 24.5 Å². The molecule has 0 aromatic heterocycles. The first-order chi connectivity index (χ1) is 14.2. The molecule has 1 fully saturated rings. The van der Waals surface area contributed by atoms with Gasteiger partial charge in [0.15, 0.2) is 18.1 Å². The van der Waals surface area contributed by atoms with Crippen molar-refractivity contribution in [2.45, 2.75) is 25.4 Å². The Morgan fingerprint density at radius 2 is 1.72 bits per heavy atom. The SMILES string of the molecule is O=C(COC(=O)[C@H]1COc2ccccc2O1)Nc1ccc(N2CCCCC2)cc1. The number of anilines is 2. The van der Waals surface area contributed by atoms with Crippen LogP contribution in [0.5, 0.6) is 11.5 Å². The molecule has 0 bridgehead atoms. The highest BCUT2D eigenvalue weighted by Crippen LogP contribution is 2.31. The molecule has 2 aromatic rings. The zero-order chi connectivity index (χ0) is 20.1. The maximum absolute atomic E-state index is 12.2. The first kappa shape index (κ1) is 19.1. The largest absolute Gasteiger partial charge is 0.485 e. The summed E-state index contributed by atoms with van der Waals surface area (Å²) in [4.78, 5) is 26.6. The van der Waals surface area contributed by atoms with Crippen LogP contribution in [0.25, 0.3) is 0 Å². The molecule has 7 heteroatoms. The van der Waals surface area contributed by atoms with E-state index in [0.29, 0.717) is 17.2 Å². The van der Waals surface area contributed by atoms with Crippen LogP contribution >= 0.6 is 0 Å². The molecule has 0 unspecified atom stereocenters. The maximum atomic E-state index is 12.2. The summed E-state index contributed by atoms with van der Waals surface area (Å²) in [6, 6.07) is 14.8. The number of rotatable bonds is 5. The summed E-state index contributed by atoms with van der Waals surface area (Å²) in [6.45, 7) is 1.81. The van der Waals surface area contributed by atoms with Crippen LogP contribution in [0.4, 0.5) is 11.4 Å². The Bertz CT molecular complexity index is 862. The molecule has 0 radical (unpaired) electrons. The Labute approximate surface area is 169 Å². The Morgan fingerprint density at radius 1 is 1.00 bits per heavy atom. The van der Waals surface area contributed by atoms with Gasteiger partial charge in [-0.25, -0.2) is 4.79 Å². The van der Waals surface area contributed by atoms with Gasteiger partial charge in [0.2, 0.25) is 6.10 Å². The molecule has 1 atom stereocenters. The number of nitrogens with zero attached hydrogens (tertiary/aromatic N) is 1. The number of hydrogen-bond donors (Lipinski definition) is 1. The fourth-order valence-corrected chi connectivity index (χ4v) is 3.47. The highest BCUT2D eigenvalue weighted by atomic mass is 16.6. The van der Waals surface area contributed by atoms with E-state index in [0.717, 1.165) is 18.8 Å². The number of hydrogen-bond acceptors (Lipinski definition) is 6. The van der Waals surface area contributed by atoms with Gasteiger partial charge in [-0.15, -0.1) is 0 Å². The minimum Gasteiger partial charge on any atom is -0.485 e. The van der Waals surface area contributed by atoms with E-state index in [4.69, 9.17) is 14.2 Å². The number of fused-ring (bicyclic) bond motifs is 1. The van der Waals surface area contributed by atoms with Crippen LogP contribution < -0.4 is 19.7 Å². The molecule has 1 N–H and O–H groups in total. The number of benzene rings is 2. The molecule has 2 aromatic carbocycles. The predicted octanol–water partition coefficient (Wildman–Crippen LogP) is 3.00. The maximum Gasteiger partial charge on any atom is 0.351 e. The first-order valence-electron chi connectivity index (χ1n) is 9.89. The lowest BCUT2D eigenvalue weighted by Crippen LogP contribution is -2.39. The third kappa shape index (κ3) is 4.80. The number of esters is 1. The van der Waals surface area contributed by atoms with Crippen molar-refractivity contribution < 1.29 is 23.8 Å². The Morgan fingerprint density at radius 3 is 2.48 bits per heavy atom. The minimum absolute atomic E-state index is 0.0510. The minimum atomic E-state index is -0.887. The number of nitrogens with one attached hydrogen (secondary N) is 1. The van der Waals surface area contributed by atoms with Crippen molar-refractivity contribution in [2.75, 3.05) is 36.5 Å². The number of amides is 1. The fourth-order valence-electron chi connectivity index (χ4n) is 3.47. The summed E-state index contributed by atoms with van der Waals surface area (Å²) in [5.74, 6) is 0.0394. The molecule has 2 heterocycles. The quantitative estimate of drug-likeness (QED) is 0.783. The molecule has 1 amide bonds. The molecule has 29 heavy (non-hydrogen) atoms. The molecule has 4 rings (SSSR count). The monoisotopic (exact) mass is 396 g/mol. The third-order valence-corrected chi connectivity index (χ3v) is 4.99. The van der Waals surface area contributed by atoms with Crippen LogP contribution in [0, 0.1) is 0 Å². The molecule has 152 valence electrons. The van der Waals surface area contributed by atoms with E-state index in [1.807, 2.05) is 30.3 Å². The van der Waals surface area contributed by atoms with Crippen molar-refractivity contribution in [3.05, 3.63) is 48.5 Å². The molecular weight excluding hydrogens is 372 g/mol. The van der Waals surface area contributed by atoms with Crippen molar-refractivity contribution in [3.63, 3.8) is 0 Å². The third-order valence-electron chi connectivity index (χ3n) is 4.99. The van der Waals surface area contributed by atoms with Gasteiger partial charge in [-0.05, 0) is 55.7 Å². The molecule has 0 saturated carbocycles. The van der Waals surface area contributed by atoms with Gasteiger partial charge in [0.1, 0.15) is 6.61 Å². The number of ether oxygens (including phenoxy) is 3. The van der Waals surface area contributed by atoms with E-state index in [-0.39, 0.29) is 13.2 Å². The first-order valence-corrected chi connectivity index (χ1v) is 9.89. The van der Waals surface area contributed by atoms with Crippen molar-refractivity contribution in [2.24, 2.45) is 0 Å². The smallest absolute Gasteiger partial charge is 0.351 e. The second kappa shape index (κ2) is 8.86. The van der Waals surface area contributed by atoms with Gasteiger partial charge in [-0.3, -0.25) is 4.79 Å². The lowest BCUT2D eigenvalue weighted by Gasteiger charge is -2.28. The van der Waals surface area contributed by atoms with Crippen LogP contribution in [0.1, 0.15) is 19.3 Å². The summed E-state index contributed by atoms with van der Waals surface area (Å²) >= 11 is 0. The van der Waals surface area contributed by atoms with Crippen LogP contribution in [0.3, 0.4) is 0 Å². The molecule has 1 saturated heterocycles. The van der Waals surface area contributed by atoms with Crippen molar-refractivity contribution in [1.82, 2.24) is 0 Å². The molecule has 7 nitrogen and oxygen atoms in total. The highest BCUT2D eigenvalue weighted by molar-refractivity contribution is 5.93. The van der Waals surface area contributed by atoms with E-state index in [2.05, 4.69) is 10.2 Å². The van der Waals surface area contributed by atoms with Crippen molar-refractivity contribution in [3.8, 4) is 11.5 Å². The van der Waals surface area contributed by atoms with E-state index in [1.54, 1.807) is 18.2 Å². The normalized spacial score (nSPS) is 18.1. The molecule has 0 aliphatic carbocycles. The standard InChI is InChI=1S/C22H24N2O5/c25-21(23-16-8-10-17(11-9-16)24-12-4-1-5-13-24)15-28-22(26)20-14-27-18-6-2-3-7-19(18)29-20/h2-3,6-11,20H,1,4-5,12-15H2,(H,23,25)/t20-/m1/s1. The lowest BCUT2D eigenvalue weighted by atomic mass is 10.1. The highest BCUT2D eigenvalue weighted by Gasteiger charge is 2.29. The van der Waals surface area contributed by atoms with Gasteiger partial charge in [0.05, 0.1) is 0 Å². The van der Waals surface area contributed by atoms with Crippen LogP contribution in [-0.2, 0) is 14.3 Å². The van der Waals surface area contributed by atoms with Gasteiger partial charge in [0.25, 0.3) is 5.91 Å². The summed E-state index contributed by atoms with van der Waals surface area (Å²) in [5.41, 5.74) is 1.82. The zero-order valence-electron chi connectivity index (χ0n) is 16.1. The lowest BCUT2D eigenvalue weighted by molar-refractivity contribution is -0.156. The average Bonchev–Trinajstić information content (AvgIpc) is 2.78. The van der Waals surface area contributed by atoms with Crippen LogP contribution in [0.2, 0.25) is 0 Å². The second-order valence-corrected chi connectivity index (χ2v) is 7.11. The Hall–Kier alpha value is -3.22. The number of carbonyl (C=O) groups excluding carboxylic acids is 2. The van der Waals surface area contributed by atoms with Crippen molar-refractivity contribution in [1.29, 1.82) is 0 Å². The van der Waals surface area contributed by atoms with E-state index in [1.165, 1.54) is 19.3 Å².